The summed E-state index contributed by atoms with van der Waals surface area (Å²) in [5.74, 6) is -13.9. The lowest BCUT2D eigenvalue weighted by atomic mass is 10.00. The molecule has 0 spiro atoms. The van der Waals surface area contributed by atoms with Crippen LogP contribution in [0.5, 0.6) is 11.5 Å². The molecule has 0 aliphatic rings. The van der Waals surface area contributed by atoms with Gasteiger partial charge in [0.2, 0.25) is 59.1 Å². The van der Waals surface area contributed by atoms with E-state index in [1.165, 1.54) is 48.5 Å². The molecule has 2 aromatic carbocycles. The summed E-state index contributed by atoms with van der Waals surface area (Å²) < 4.78 is 0. The van der Waals surface area contributed by atoms with Crippen molar-refractivity contribution in [2.24, 2.45) is 29.0 Å². The quantitative estimate of drug-likeness (QED) is 0.0308. The van der Waals surface area contributed by atoms with Crippen LogP contribution in [-0.2, 0) is 70.4 Å². The fraction of sp³-hybridized carbons (Fsp3) is 0.510. The van der Waals surface area contributed by atoms with E-state index in [4.69, 9.17) is 22.3 Å². The molecule has 0 unspecified atom stereocenters. The molecule has 0 saturated carbocycles. The maximum atomic E-state index is 14.2. The van der Waals surface area contributed by atoms with E-state index < -0.39 is 158 Å². The van der Waals surface area contributed by atoms with Crippen LogP contribution in [0.4, 0.5) is 0 Å². The smallest absolute Gasteiger partial charge is 0.322 e. The van der Waals surface area contributed by atoms with E-state index >= 15 is 0 Å². The molecule has 77 heavy (non-hydrogen) atoms. The molecule has 0 radical (unpaired) electrons. The van der Waals surface area contributed by atoms with Gasteiger partial charge >= 0.3 is 11.9 Å². The van der Waals surface area contributed by atoms with Crippen LogP contribution in [0.1, 0.15) is 83.8 Å². The Morgan fingerprint density at radius 1 is 0.468 bits per heavy atom. The Bertz CT molecular complexity index is 2410. The van der Waals surface area contributed by atoms with Crippen LogP contribution in [-0.4, -0.2) is 152 Å². The molecule has 0 saturated heterocycles. The average molecular weight is 1100 g/mol. The zero-order valence-corrected chi connectivity index (χ0v) is 43.9. The van der Waals surface area contributed by atoms with E-state index in [1.807, 2.05) is 13.8 Å². The summed E-state index contributed by atoms with van der Waals surface area (Å²) in [6, 6.07) is -1.22. The molecule has 0 aliphatic carbocycles. The molecular formula is C49H71N11O16S. The second-order valence-corrected chi connectivity index (χ2v) is 19.3. The first kappa shape index (κ1) is 65.1. The lowest BCUT2D eigenvalue weighted by Gasteiger charge is -2.28. The Kier molecular flexibility index (Phi) is 27.4. The number of phenolic OH excluding ortho intramolecular Hbond substituents is 2. The number of nitrogens with one attached hydrogen (secondary N) is 8. The predicted octanol–water partition coefficient (Wildman–Crippen LogP) is -3.17. The molecule has 8 atom stereocenters. The molecule has 10 amide bonds. The first-order valence-electron chi connectivity index (χ1n) is 24.4. The lowest BCUT2D eigenvalue weighted by molar-refractivity contribution is -0.139. The normalized spacial score (nSPS) is 14.1. The molecule has 0 aromatic heterocycles. The number of rotatable bonds is 34. The Hall–Kier alpha value is -8.01. The van der Waals surface area contributed by atoms with Gasteiger partial charge in [0, 0.05) is 31.4 Å². The number of phenols is 2. The highest BCUT2D eigenvalue weighted by atomic mass is 32.1. The summed E-state index contributed by atoms with van der Waals surface area (Å²) in [5, 5.41) is 57.3. The molecule has 0 bridgehead atoms. The minimum Gasteiger partial charge on any atom is -0.508 e. The SMILES string of the molecule is CC(C)C[C@H](NC(=O)[C@H](CCC(N)=O)NC(=O)[C@H](Cc1ccc(O)cc1)NC(=O)[C@@H](N)CC(C)C)C(=O)N[C@@H](CCC(=O)O)C(=O)N[C@@H](CC(N)=O)C(=O)N[C@@H](Cc1ccc(O)cc1)C(=O)N[C@@H](CS)C(=O)NCC(=O)O. The molecule has 2 rings (SSSR count). The highest BCUT2D eigenvalue weighted by Crippen LogP contribution is 2.15. The molecule has 2 aromatic rings. The molecule has 28 heteroatoms. The fourth-order valence-corrected chi connectivity index (χ4v) is 7.62. The number of hydrogen-bond donors (Lipinski definition) is 16. The minimum absolute atomic E-state index is 0.00554. The van der Waals surface area contributed by atoms with Crippen LogP contribution in [0, 0.1) is 11.8 Å². The largest absolute Gasteiger partial charge is 0.508 e. The van der Waals surface area contributed by atoms with Gasteiger partial charge in [-0.2, -0.15) is 12.6 Å². The van der Waals surface area contributed by atoms with Crippen molar-refractivity contribution in [1.29, 1.82) is 0 Å². The molecule has 424 valence electrons. The van der Waals surface area contributed by atoms with Crippen molar-refractivity contribution in [1.82, 2.24) is 42.5 Å². The fourth-order valence-electron chi connectivity index (χ4n) is 7.37. The minimum atomic E-state index is -1.91. The number of hydrogen-bond acceptors (Lipinski definition) is 16. The maximum absolute atomic E-state index is 14.2. The van der Waals surface area contributed by atoms with Gasteiger partial charge in [0.25, 0.3) is 0 Å². The summed E-state index contributed by atoms with van der Waals surface area (Å²) >= 11 is 4.05. The van der Waals surface area contributed by atoms with Gasteiger partial charge < -0.3 is 80.2 Å². The van der Waals surface area contributed by atoms with E-state index in [0.717, 1.165) is 0 Å². The standard InChI is InChI=1S/C49H71N11O16S/c1-24(2)17-30(50)42(69)56-34(19-26-5-9-28(61)10-6-26)47(74)54-31(13-15-38(51)63)44(71)57-33(18-25(3)4)46(73)55-32(14-16-40(65)66)45(72)59-36(21-39(52)64)49(76)58-35(20-27-7-11-29(62)12-8-27)48(75)60-37(23-77)43(70)53-22-41(67)68/h5-12,24-25,30-37,61-62,77H,13-23,50H2,1-4H3,(H2,51,63)(H2,52,64)(H,53,70)(H,54,74)(H,55,73)(H,56,69)(H,57,71)(H,58,76)(H,59,72)(H,60,75)(H,65,66)(H,67,68)/t30-,31-,32-,33-,34-,35-,36-,37-/m0/s1. The van der Waals surface area contributed by atoms with Gasteiger partial charge in [-0.15, -0.1) is 0 Å². The average Bonchev–Trinajstić information content (AvgIpc) is 3.34. The number of carboxylic acids is 2. The van der Waals surface area contributed by atoms with Crippen LogP contribution in [0.3, 0.4) is 0 Å². The van der Waals surface area contributed by atoms with Gasteiger partial charge in [-0.1, -0.05) is 52.0 Å². The zero-order valence-electron chi connectivity index (χ0n) is 43.0. The topological polar surface area (TPSA) is 460 Å². The van der Waals surface area contributed by atoms with Crippen molar-refractivity contribution in [3.8, 4) is 11.5 Å². The van der Waals surface area contributed by atoms with Crippen molar-refractivity contribution >= 4 is 83.6 Å². The van der Waals surface area contributed by atoms with E-state index in [1.54, 1.807) is 13.8 Å². The predicted molar refractivity (Wildman–Crippen MR) is 278 cm³/mol. The first-order chi connectivity index (χ1) is 36.1. The number of carboxylic acid groups (broad SMARTS) is 2. The Morgan fingerprint density at radius 3 is 1.26 bits per heavy atom. The Labute approximate surface area is 449 Å². The Balaban J connectivity index is 2.49. The summed E-state index contributed by atoms with van der Waals surface area (Å²) in [7, 11) is 0. The number of aromatic hydroxyl groups is 2. The molecular weight excluding hydrogens is 1030 g/mol. The monoisotopic (exact) mass is 1100 g/mol. The van der Waals surface area contributed by atoms with Crippen LogP contribution in [0.25, 0.3) is 0 Å². The molecule has 0 heterocycles. The van der Waals surface area contributed by atoms with Gasteiger partial charge in [0.15, 0.2) is 0 Å². The Morgan fingerprint density at radius 2 is 0.844 bits per heavy atom. The summed E-state index contributed by atoms with van der Waals surface area (Å²) in [6.45, 7) is 6.21. The second kappa shape index (κ2) is 32.4. The summed E-state index contributed by atoms with van der Waals surface area (Å²) in [5.41, 5.74) is 17.8. The number of nitrogens with two attached hydrogens (primary N) is 3. The third-order valence-corrected chi connectivity index (χ3v) is 11.6. The number of amides is 10. The van der Waals surface area contributed by atoms with Crippen molar-refractivity contribution in [2.45, 2.75) is 134 Å². The number of primary amides is 2. The van der Waals surface area contributed by atoms with Crippen LogP contribution in [0.2, 0.25) is 0 Å². The van der Waals surface area contributed by atoms with Crippen molar-refractivity contribution in [3.05, 3.63) is 59.7 Å². The third kappa shape index (κ3) is 24.9. The third-order valence-electron chi connectivity index (χ3n) is 11.3. The van der Waals surface area contributed by atoms with E-state index in [9.17, 15) is 72.9 Å². The number of carbonyl (C=O) groups is 12. The maximum Gasteiger partial charge on any atom is 0.322 e. The van der Waals surface area contributed by atoms with E-state index in [-0.39, 0.29) is 54.8 Å². The highest BCUT2D eigenvalue weighted by Gasteiger charge is 2.36. The second-order valence-electron chi connectivity index (χ2n) is 18.9. The van der Waals surface area contributed by atoms with Gasteiger partial charge in [0.05, 0.1) is 12.5 Å². The van der Waals surface area contributed by atoms with Gasteiger partial charge in [-0.3, -0.25) is 57.5 Å². The van der Waals surface area contributed by atoms with Gasteiger partial charge in [-0.25, -0.2) is 0 Å². The van der Waals surface area contributed by atoms with Gasteiger partial charge in [0.1, 0.15) is 60.3 Å². The van der Waals surface area contributed by atoms with Gasteiger partial charge in [-0.05, 0) is 72.9 Å². The van der Waals surface area contributed by atoms with Crippen LogP contribution in [0.15, 0.2) is 48.5 Å². The van der Waals surface area contributed by atoms with Crippen molar-refractivity contribution in [2.75, 3.05) is 12.3 Å². The highest BCUT2D eigenvalue weighted by molar-refractivity contribution is 7.80. The molecule has 27 nitrogen and oxygen atoms in total. The van der Waals surface area contributed by atoms with Crippen LogP contribution < -0.4 is 59.7 Å². The lowest BCUT2D eigenvalue weighted by Crippen LogP contribution is -2.61. The number of benzene rings is 2. The van der Waals surface area contributed by atoms with Crippen molar-refractivity contribution < 1.29 is 78.0 Å². The van der Waals surface area contributed by atoms with Crippen LogP contribution >= 0.6 is 12.6 Å². The number of thiol groups is 1. The summed E-state index contributed by atoms with van der Waals surface area (Å²) in [6.07, 6.45) is -3.52. The molecule has 0 aliphatic heterocycles. The first-order valence-corrected chi connectivity index (χ1v) is 25.0. The zero-order chi connectivity index (χ0) is 58.1. The van der Waals surface area contributed by atoms with E-state index in [2.05, 4.69) is 55.2 Å². The molecule has 0 fully saturated rings. The number of aliphatic carboxylic acids is 2. The number of carbonyl (C=O) groups excluding carboxylic acids is 10. The van der Waals surface area contributed by atoms with E-state index in [0.29, 0.717) is 11.1 Å². The summed E-state index contributed by atoms with van der Waals surface area (Å²) in [4.78, 5) is 157. The molecule has 18 N–H and O–H groups in total. The van der Waals surface area contributed by atoms with Crippen molar-refractivity contribution in [3.63, 3.8) is 0 Å².